The summed E-state index contributed by atoms with van der Waals surface area (Å²) in [6.07, 6.45) is 9.73. The Kier molecular flexibility index (Phi) is 3.23. The van der Waals surface area contributed by atoms with Gasteiger partial charge in [0.15, 0.2) is 0 Å². The van der Waals surface area contributed by atoms with E-state index in [2.05, 4.69) is 10.6 Å². The second kappa shape index (κ2) is 4.99. The van der Waals surface area contributed by atoms with Crippen LogP contribution in [0.2, 0.25) is 0 Å². The predicted octanol–water partition coefficient (Wildman–Crippen LogP) is 1.99. The third-order valence-electron chi connectivity index (χ3n) is 6.34. The van der Waals surface area contributed by atoms with Gasteiger partial charge in [-0.15, -0.1) is 0 Å². The van der Waals surface area contributed by atoms with Gasteiger partial charge in [-0.25, -0.2) is 0 Å². The number of carbonyl (C=O) groups excluding carboxylic acids is 2. The minimum absolute atomic E-state index is 0.0491. The second-order valence-electron chi connectivity index (χ2n) is 8.06. The number of hydrogen-bond donors (Lipinski definition) is 2. The summed E-state index contributed by atoms with van der Waals surface area (Å²) in [4.78, 5) is 24.6. The van der Waals surface area contributed by atoms with Crippen LogP contribution in [-0.2, 0) is 9.59 Å². The molecule has 5 rings (SSSR count). The Labute approximate surface area is 126 Å². The van der Waals surface area contributed by atoms with Gasteiger partial charge in [-0.1, -0.05) is 0 Å². The van der Waals surface area contributed by atoms with Gasteiger partial charge in [0.05, 0.1) is 0 Å². The molecule has 2 N–H and O–H groups in total. The van der Waals surface area contributed by atoms with Gasteiger partial charge in [0, 0.05) is 24.4 Å². The van der Waals surface area contributed by atoms with Crippen LogP contribution in [0.3, 0.4) is 0 Å². The fourth-order valence-electron chi connectivity index (χ4n) is 5.82. The molecule has 4 heteroatoms. The number of nitrogens with one attached hydrogen (secondary N) is 2. The van der Waals surface area contributed by atoms with Crippen LogP contribution >= 0.6 is 0 Å². The van der Waals surface area contributed by atoms with Gasteiger partial charge >= 0.3 is 0 Å². The molecular formula is C17H26N2O2. The van der Waals surface area contributed by atoms with Gasteiger partial charge in [0.2, 0.25) is 11.8 Å². The number of hydrogen-bond acceptors (Lipinski definition) is 2. The fraction of sp³-hybridized carbons (Fsp3) is 0.882. The molecule has 0 aromatic rings. The zero-order chi connectivity index (χ0) is 14.4. The summed E-state index contributed by atoms with van der Waals surface area (Å²) >= 11 is 0. The zero-order valence-corrected chi connectivity index (χ0v) is 12.7. The molecule has 0 aromatic heterocycles. The minimum atomic E-state index is -0.0858. The molecule has 1 aliphatic heterocycles. The predicted molar refractivity (Wildman–Crippen MR) is 79.4 cm³/mol. The van der Waals surface area contributed by atoms with Gasteiger partial charge in [-0.05, 0) is 69.1 Å². The molecule has 1 atom stereocenters. The highest BCUT2D eigenvalue weighted by Gasteiger charge is 2.54. The van der Waals surface area contributed by atoms with Crippen LogP contribution in [0.5, 0.6) is 0 Å². The van der Waals surface area contributed by atoms with Gasteiger partial charge < -0.3 is 10.6 Å². The van der Waals surface area contributed by atoms with Gasteiger partial charge in [-0.2, -0.15) is 0 Å². The monoisotopic (exact) mass is 290 g/mol. The summed E-state index contributed by atoms with van der Waals surface area (Å²) in [6.45, 7) is 0.753. The maximum Gasteiger partial charge on any atom is 0.226 e. The van der Waals surface area contributed by atoms with Crippen LogP contribution in [0.15, 0.2) is 0 Å². The molecule has 4 nitrogen and oxygen atoms in total. The van der Waals surface area contributed by atoms with Crippen LogP contribution in [0.1, 0.15) is 57.8 Å². The summed E-state index contributed by atoms with van der Waals surface area (Å²) in [6, 6.07) is 0.0491. The van der Waals surface area contributed by atoms with Crippen molar-refractivity contribution in [1.82, 2.24) is 10.6 Å². The summed E-state index contributed by atoms with van der Waals surface area (Å²) in [5.41, 5.74) is -0.0858. The normalized spacial score (nSPS) is 45.0. The van der Waals surface area contributed by atoms with E-state index in [-0.39, 0.29) is 23.3 Å². The van der Waals surface area contributed by atoms with Crippen molar-refractivity contribution in [2.75, 3.05) is 6.54 Å². The van der Waals surface area contributed by atoms with Crippen molar-refractivity contribution in [3.05, 3.63) is 0 Å². The van der Waals surface area contributed by atoms with Gasteiger partial charge in [-0.3, -0.25) is 9.59 Å². The van der Waals surface area contributed by atoms with Crippen molar-refractivity contribution < 1.29 is 9.59 Å². The molecule has 4 bridgehead atoms. The lowest BCUT2D eigenvalue weighted by molar-refractivity contribution is -0.147. The molecule has 1 heterocycles. The lowest BCUT2D eigenvalue weighted by Gasteiger charge is -2.55. The molecule has 5 fully saturated rings. The Balaban J connectivity index is 1.46. The number of rotatable bonds is 2. The highest BCUT2D eigenvalue weighted by Crippen LogP contribution is 2.60. The Morgan fingerprint density at radius 3 is 2.33 bits per heavy atom. The first-order chi connectivity index (χ1) is 10.1. The van der Waals surface area contributed by atoms with E-state index in [0.29, 0.717) is 6.42 Å². The largest absolute Gasteiger partial charge is 0.356 e. The third kappa shape index (κ3) is 2.47. The van der Waals surface area contributed by atoms with E-state index in [1.165, 1.54) is 19.3 Å². The number of carbonyl (C=O) groups is 2. The van der Waals surface area contributed by atoms with Crippen molar-refractivity contribution in [2.24, 2.45) is 23.2 Å². The highest BCUT2D eigenvalue weighted by molar-refractivity contribution is 5.84. The van der Waals surface area contributed by atoms with Crippen LogP contribution < -0.4 is 10.6 Å². The fourth-order valence-corrected chi connectivity index (χ4v) is 5.82. The minimum Gasteiger partial charge on any atom is -0.356 e. The Hall–Kier alpha value is -1.06. The summed E-state index contributed by atoms with van der Waals surface area (Å²) in [5.74, 6) is 2.72. The zero-order valence-electron chi connectivity index (χ0n) is 12.7. The molecular weight excluding hydrogens is 264 g/mol. The van der Waals surface area contributed by atoms with Crippen LogP contribution in [0.25, 0.3) is 0 Å². The molecule has 2 amide bonds. The van der Waals surface area contributed by atoms with E-state index in [0.717, 1.165) is 56.4 Å². The highest BCUT2D eigenvalue weighted by atomic mass is 16.2. The summed E-state index contributed by atoms with van der Waals surface area (Å²) < 4.78 is 0. The lowest BCUT2D eigenvalue weighted by atomic mass is 9.49. The van der Waals surface area contributed by atoms with E-state index < -0.39 is 0 Å². The molecule has 0 aromatic carbocycles. The molecule has 0 unspecified atom stereocenters. The third-order valence-corrected chi connectivity index (χ3v) is 6.34. The van der Waals surface area contributed by atoms with Gasteiger partial charge in [0.25, 0.3) is 0 Å². The van der Waals surface area contributed by atoms with Crippen molar-refractivity contribution >= 4 is 11.8 Å². The summed E-state index contributed by atoms with van der Waals surface area (Å²) in [5, 5.41) is 6.14. The quantitative estimate of drug-likeness (QED) is 0.817. The van der Waals surface area contributed by atoms with Crippen molar-refractivity contribution in [1.29, 1.82) is 0 Å². The second-order valence-corrected chi connectivity index (χ2v) is 8.06. The molecule has 1 saturated heterocycles. The smallest absolute Gasteiger partial charge is 0.226 e. The Morgan fingerprint density at radius 1 is 1.10 bits per heavy atom. The first-order valence-corrected chi connectivity index (χ1v) is 8.71. The summed E-state index contributed by atoms with van der Waals surface area (Å²) in [7, 11) is 0. The standard InChI is InChI=1S/C17H26N2O2/c20-15-7-14(2-1-3-18-15)19-16(21)17-8-11-4-12(9-17)6-13(5-11)10-17/h11-14H,1-10H2,(H,18,20)(H,19,21)/t11?,12?,13?,14-,17?/m0/s1. The molecule has 0 radical (unpaired) electrons. The molecule has 21 heavy (non-hydrogen) atoms. The van der Waals surface area contributed by atoms with Crippen LogP contribution in [-0.4, -0.2) is 24.4 Å². The van der Waals surface area contributed by atoms with Crippen molar-refractivity contribution in [3.63, 3.8) is 0 Å². The molecule has 116 valence electrons. The topological polar surface area (TPSA) is 58.2 Å². The Morgan fingerprint density at radius 2 is 1.71 bits per heavy atom. The SMILES string of the molecule is O=C1C[C@@H](NC(=O)C23CC4CC(CC(C4)C2)C3)CCCN1. The van der Waals surface area contributed by atoms with Gasteiger partial charge in [0.1, 0.15) is 0 Å². The van der Waals surface area contributed by atoms with E-state index in [1.54, 1.807) is 0 Å². The van der Waals surface area contributed by atoms with Crippen LogP contribution in [0.4, 0.5) is 0 Å². The van der Waals surface area contributed by atoms with E-state index >= 15 is 0 Å². The molecule has 5 aliphatic rings. The molecule has 4 saturated carbocycles. The number of amides is 2. The average molecular weight is 290 g/mol. The van der Waals surface area contributed by atoms with E-state index in [1.807, 2.05) is 0 Å². The van der Waals surface area contributed by atoms with Crippen LogP contribution in [0, 0.1) is 23.2 Å². The average Bonchev–Trinajstić information content (AvgIpc) is 2.61. The maximum atomic E-state index is 12.9. The lowest BCUT2D eigenvalue weighted by Crippen LogP contribution is -2.55. The van der Waals surface area contributed by atoms with E-state index in [9.17, 15) is 9.59 Å². The maximum absolute atomic E-state index is 12.9. The first-order valence-electron chi connectivity index (χ1n) is 8.71. The van der Waals surface area contributed by atoms with Crippen molar-refractivity contribution in [2.45, 2.75) is 63.8 Å². The van der Waals surface area contributed by atoms with Crippen molar-refractivity contribution in [3.8, 4) is 0 Å². The molecule has 0 spiro atoms. The Bertz CT molecular complexity index is 424. The molecule has 4 aliphatic carbocycles. The first kappa shape index (κ1) is 13.6. The van der Waals surface area contributed by atoms with E-state index in [4.69, 9.17) is 0 Å².